The molecule has 120 valence electrons. The lowest BCUT2D eigenvalue weighted by atomic mass is 9.86. The first-order valence-electron chi connectivity index (χ1n) is 8.03. The van der Waals surface area contributed by atoms with Crippen LogP contribution in [0.15, 0.2) is 12.1 Å². The van der Waals surface area contributed by atoms with E-state index in [9.17, 15) is 0 Å². The minimum atomic E-state index is 0.296. The van der Waals surface area contributed by atoms with Gasteiger partial charge in [0.15, 0.2) is 0 Å². The summed E-state index contributed by atoms with van der Waals surface area (Å²) in [6.45, 7) is 16.9. The first-order chi connectivity index (χ1) is 9.57. The molecule has 0 heterocycles. The molecule has 0 fully saturated rings. The molecular formula is C19H34N2. The number of hydrogen-bond donors (Lipinski definition) is 1. The summed E-state index contributed by atoms with van der Waals surface area (Å²) < 4.78 is 0. The number of rotatable bonds is 5. The molecule has 2 atom stereocenters. The van der Waals surface area contributed by atoms with E-state index in [0.717, 1.165) is 6.54 Å². The Kier molecular flexibility index (Phi) is 6.01. The van der Waals surface area contributed by atoms with Crippen molar-refractivity contribution in [2.75, 3.05) is 20.6 Å². The predicted octanol–water partition coefficient (Wildman–Crippen LogP) is 4.24. The van der Waals surface area contributed by atoms with Crippen LogP contribution in [0.1, 0.15) is 56.0 Å². The van der Waals surface area contributed by atoms with Crippen LogP contribution < -0.4 is 5.32 Å². The van der Waals surface area contributed by atoms with Crippen LogP contribution in [-0.2, 0) is 0 Å². The lowest BCUT2D eigenvalue weighted by molar-refractivity contribution is 0.130. The predicted molar refractivity (Wildman–Crippen MR) is 94.0 cm³/mol. The molecule has 0 amide bonds. The molecule has 1 aromatic carbocycles. The Morgan fingerprint density at radius 2 is 1.57 bits per heavy atom. The number of benzene rings is 1. The molecule has 0 aromatic heterocycles. The second-order valence-electron chi connectivity index (χ2n) is 7.64. The Bertz CT molecular complexity index is 448. The van der Waals surface area contributed by atoms with E-state index >= 15 is 0 Å². The summed E-state index contributed by atoms with van der Waals surface area (Å²) in [5.74, 6) is 0. The maximum absolute atomic E-state index is 3.52. The van der Waals surface area contributed by atoms with Crippen LogP contribution in [0.4, 0.5) is 0 Å². The van der Waals surface area contributed by atoms with Crippen molar-refractivity contribution in [2.45, 2.75) is 60.5 Å². The van der Waals surface area contributed by atoms with Gasteiger partial charge in [-0.25, -0.2) is 0 Å². The molecule has 2 unspecified atom stereocenters. The summed E-state index contributed by atoms with van der Waals surface area (Å²) >= 11 is 0. The van der Waals surface area contributed by atoms with Crippen LogP contribution in [-0.4, -0.2) is 31.6 Å². The fourth-order valence-corrected chi connectivity index (χ4v) is 3.18. The fourth-order valence-electron chi connectivity index (χ4n) is 3.18. The van der Waals surface area contributed by atoms with Crippen molar-refractivity contribution in [3.05, 3.63) is 34.4 Å². The van der Waals surface area contributed by atoms with Crippen LogP contribution in [0.5, 0.6) is 0 Å². The molecule has 0 radical (unpaired) electrons. The summed E-state index contributed by atoms with van der Waals surface area (Å²) in [7, 11) is 4.30. The normalized spacial score (nSPS) is 15.3. The number of nitrogens with one attached hydrogen (secondary N) is 1. The maximum Gasteiger partial charge on any atom is 0.0452 e. The molecule has 0 saturated carbocycles. The Labute approximate surface area is 131 Å². The van der Waals surface area contributed by atoms with Gasteiger partial charge in [-0.05, 0) is 63.9 Å². The first kappa shape index (κ1) is 18.2. The van der Waals surface area contributed by atoms with Crippen molar-refractivity contribution < 1.29 is 0 Å². The van der Waals surface area contributed by atoms with Gasteiger partial charge in [-0.15, -0.1) is 0 Å². The molecule has 0 aliphatic rings. The monoisotopic (exact) mass is 290 g/mol. The second kappa shape index (κ2) is 6.93. The fraction of sp³-hybridized carbons (Fsp3) is 0.684. The minimum absolute atomic E-state index is 0.296. The molecule has 1 rings (SSSR count). The van der Waals surface area contributed by atoms with Gasteiger partial charge in [0.05, 0.1) is 0 Å². The number of nitrogens with zero attached hydrogens (tertiary/aromatic N) is 1. The zero-order valence-electron chi connectivity index (χ0n) is 15.5. The van der Waals surface area contributed by atoms with Gasteiger partial charge in [-0.1, -0.05) is 38.5 Å². The van der Waals surface area contributed by atoms with Crippen molar-refractivity contribution in [2.24, 2.45) is 5.41 Å². The van der Waals surface area contributed by atoms with Gasteiger partial charge >= 0.3 is 0 Å². The van der Waals surface area contributed by atoms with Crippen molar-refractivity contribution in [1.82, 2.24) is 10.2 Å². The Morgan fingerprint density at radius 3 is 1.95 bits per heavy atom. The largest absolute Gasteiger partial charge is 0.312 e. The van der Waals surface area contributed by atoms with E-state index in [2.05, 4.69) is 84.9 Å². The highest BCUT2D eigenvalue weighted by molar-refractivity contribution is 5.39. The van der Waals surface area contributed by atoms with Gasteiger partial charge in [-0.3, -0.25) is 0 Å². The summed E-state index contributed by atoms with van der Waals surface area (Å²) in [5, 5.41) is 3.52. The van der Waals surface area contributed by atoms with Gasteiger partial charge in [0.25, 0.3) is 0 Å². The highest BCUT2D eigenvalue weighted by Gasteiger charge is 2.26. The average molecular weight is 290 g/mol. The van der Waals surface area contributed by atoms with E-state index in [1.807, 2.05) is 0 Å². The van der Waals surface area contributed by atoms with E-state index in [1.165, 1.54) is 22.3 Å². The van der Waals surface area contributed by atoms with Crippen molar-refractivity contribution in [1.29, 1.82) is 0 Å². The highest BCUT2D eigenvalue weighted by atomic mass is 15.2. The Balaban J connectivity index is 3.00. The summed E-state index contributed by atoms with van der Waals surface area (Å²) in [6.07, 6.45) is 0. The molecule has 21 heavy (non-hydrogen) atoms. The van der Waals surface area contributed by atoms with E-state index in [4.69, 9.17) is 0 Å². The van der Waals surface area contributed by atoms with Crippen LogP contribution >= 0.6 is 0 Å². The molecule has 0 saturated heterocycles. The highest BCUT2D eigenvalue weighted by Crippen LogP contribution is 2.27. The molecule has 0 aliphatic heterocycles. The lowest BCUT2D eigenvalue weighted by Gasteiger charge is -2.37. The third-order valence-electron chi connectivity index (χ3n) is 4.82. The number of likely N-dealkylation sites (N-methyl/N-ethyl adjacent to an activating group) is 2. The zero-order chi connectivity index (χ0) is 16.4. The van der Waals surface area contributed by atoms with Crippen molar-refractivity contribution >= 4 is 0 Å². The summed E-state index contributed by atoms with van der Waals surface area (Å²) in [6, 6.07) is 5.50. The summed E-state index contributed by atoms with van der Waals surface area (Å²) in [5.41, 5.74) is 5.88. The minimum Gasteiger partial charge on any atom is -0.312 e. The number of aryl methyl sites for hydroxylation is 3. The van der Waals surface area contributed by atoms with Crippen LogP contribution in [0.2, 0.25) is 0 Å². The van der Waals surface area contributed by atoms with Crippen LogP contribution in [0, 0.1) is 26.2 Å². The molecule has 0 spiro atoms. The molecule has 0 bridgehead atoms. The van der Waals surface area contributed by atoms with Gasteiger partial charge < -0.3 is 10.2 Å². The van der Waals surface area contributed by atoms with Crippen molar-refractivity contribution in [3.63, 3.8) is 0 Å². The average Bonchev–Trinajstić information content (AvgIpc) is 2.33. The lowest BCUT2D eigenvalue weighted by Crippen LogP contribution is -2.43. The van der Waals surface area contributed by atoms with Gasteiger partial charge in [0, 0.05) is 18.6 Å². The molecule has 2 heteroatoms. The first-order valence-corrected chi connectivity index (χ1v) is 8.03. The van der Waals surface area contributed by atoms with Gasteiger partial charge in [-0.2, -0.15) is 0 Å². The molecule has 2 nitrogen and oxygen atoms in total. The van der Waals surface area contributed by atoms with E-state index < -0.39 is 0 Å². The quantitative estimate of drug-likeness (QED) is 0.872. The van der Waals surface area contributed by atoms with E-state index in [-0.39, 0.29) is 0 Å². The maximum atomic E-state index is 3.52. The smallest absolute Gasteiger partial charge is 0.0452 e. The zero-order valence-corrected chi connectivity index (χ0v) is 15.5. The molecule has 0 aliphatic carbocycles. The third kappa shape index (κ3) is 4.55. The Morgan fingerprint density at radius 1 is 1.10 bits per heavy atom. The van der Waals surface area contributed by atoms with Gasteiger partial charge in [0.1, 0.15) is 0 Å². The molecular weight excluding hydrogens is 256 g/mol. The molecule has 1 aromatic rings. The summed E-state index contributed by atoms with van der Waals surface area (Å²) in [4.78, 5) is 2.47. The van der Waals surface area contributed by atoms with E-state index in [0.29, 0.717) is 17.5 Å². The SMILES string of the molecule is CNC(CN(C)C(C)C(C)(C)C)c1c(C)cc(C)cc1C. The topological polar surface area (TPSA) is 15.3 Å². The standard InChI is InChI=1S/C19H34N2/c1-13-10-14(2)18(15(3)11-13)17(20-8)12-21(9)16(4)19(5,6)7/h10-11,16-17,20H,12H2,1-9H3. The third-order valence-corrected chi connectivity index (χ3v) is 4.82. The second-order valence-corrected chi connectivity index (χ2v) is 7.64. The van der Waals surface area contributed by atoms with Gasteiger partial charge in [0.2, 0.25) is 0 Å². The molecule has 1 N–H and O–H groups in total. The Hall–Kier alpha value is -0.860. The number of hydrogen-bond acceptors (Lipinski definition) is 2. The van der Waals surface area contributed by atoms with Crippen LogP contribution in [0.25, 0.3) is 0 Å². The van der Waals surface area contributed by atoms with Crippen molar-refractivity contribution in [3.8, 4) is 0 Å². The van der Waals surface area contributed by atoms with Crippen LogP contribution in [0.3, 0.4) is 0 Å². The van der Waals surface area contributed by atoms with E-state index in [1.54, 1.807) is 0 Å².